The Morgan fingerprint density at radius 1 is 1.00 bits per heavy atom. The molecule has 4 nitrogen and oxygen atoms in total. The lowest BCUT2D eigenvalue weighted by molar-refractivity contribution is 0.0693. The molecule has 19 heavy (non-hydrogen) atoms. The summed E-state index contributed by atoms with van der Waals surface area (Å²) in [5.41, 5.74) is 1.88. The van der Waals surface area contributed by atoms with Crippen molar-refractivity contribution in [1.29, 1.82) is 0 Å². The normalized spacial score (nSPS) is 10.0. The van der Waals surface area contributed by atoms with Crippen LogP contribution in [0, 0.1) is 0 Å². The van der Waals surface area contributed by atoms with E-state index in [0.717, 1.165) is 16.9 Å². The molecule has 4 heteroatoms. The topological polar surface area (TPSA) is 55.8 Å². The number of aromatic carboxylic acids is 1. The Balaban J connectivity index is 2.55. The summed E-state index contributed by atoms with van der Waals surface area (Å²) >= 11 is 0. The highest BCUT2D eigenvalue weighted by Crippen LogP contribution is 2.33. The third-order valence-electron chi connectivity index (χ3n) is 2.85. The van der Waals surface area contributed by atoms with Crippen molar-refractivity contribution in [3.8, 4) is 22.6 Å². The van der Waals surface area contributed by atoms with Gasteiger partial charge >= 0.3 is 5.97 Å². The molecule has 0 unspecified atom stereocenters. The van der Waals surface area contributed by atoms with Crippen molar-refractivity contribution in [2.45, 2.75) is 0 Å². The van der Waals surface area contributed by atoms with Gasteiger partial charge < -0.3 is 14.6 Å². The number of carbonyl (C=O) groups is 1. The largest absolute Gasteiger partial charge is 0.496 e. The molecule has 2 aromatic carbocycles. The van der Waals surface area contributed by atoms with Crippen LogP contribution < -0.4 is 9.47 Å². The molecule has 0 radical (unpaired) electrons. The molecule has 0 atom stereocenters. The fourth-order valence-electron chi connectivity index (χ4n) is 1.92. The predicted molar refractivity (Wildman–Crippen MR) is 71.9 cm³/mol. The van der Waals surface area contributed by atoms with Gasteiger partial charge in [0.2, 0.25) is 0 Å². The fourth-order valence-corrected chi connectivity index (χ4v) is 1.92. The average molecular weight is 258 g/mol. The minimum Gasteiger partial charge on any atom is -0.496 e. The van der Waals surface area contributed by atoms with Crippen molar-refractivity contribution in [1.82, 2.24) is 0 Å². The van der Waals surface area contributed by atoms with E-state index in [4.69, 9.17) is 14.6 Å². The van der Waals surface area contributed by atoms with Gasteiger partial charge in [0.1, 0.15) is 17.1 Å². The highest BCUT2D eigenvalue weighted by atomic mass is 16.5. The molecule has 0 amide bonds. The summed E-state index contributed by atoms with van der Waals surface area (Å²) in [5.74, 6) is 0.0481. The average Bonchev–Trinajstić information content (AvgIpc) is 2.46. The SMILES string of the molecule is COc1cc(-c2ccccc2OC)ccc1C(=O)O. The van der Waals surface area contributed by atoms with Gasteiger partial charge in [-0.05, 0) is 23.8 Å². The van der Waals surface area contributed by atoms with E-state index in [2.05, 4.69) is 0 Å². The summed E-state index contributed by atoms with van der Waals surface area (Å²) in [5, 5.41) is 9.05. The van der Waals surface area contributed by atoms with Crippen LogP contribution in [-0.4, -0.2) is 25.3 Å². The minimum atomic E-state index is -1.01. The van der Waals surface area contributed by atoms with E-state index >= 15 is 0 Å². The first-order valence-electron chi connectivity index (χ1n) is 5.72. The Kier molecular flexibility index (Phi) is 3.71. The second-order valence-electron chi connectivity index (χ2n) is 3.92. The number of benzene rings is 2. The van der Waals surface area contributed by atoms with E-state index in [1.54, 1.807) is 19.2 Å². The quantitative estimate of drug-likeness (QED) is 0.915. The van der Waals surface area contributed by atoms with E-state index in [1.807, 2.05) is 24.3 Å². The highest BCUT2D eigenvalue weighted by Gasteiger charge is 2.13. The molecule has 0 saturated heterocycles. The smallest absolute Gasteiger partial charge is 0.339 e. The number of methoxy groups -OCH3 is 2. The Morgan fingerprint density at radius 3 is 2.32 bits per heavy atom. The zero-order valence-electron chi connectivity index (χ0n) is 10.7. The molecule has 0 bridgehead atoms. The zero-order chi connectivity index (χ0) is 13.8. The molecule has 0 heterocycles. The lowest BCUT2D eigenvalue weighted by Crippen LogP contribution is -2.00. The van der Waals surface area contributed by atoms with Crippen LogP contribution in [-0.2, 0) is 0 Å². The lowest BCUT2D eigenvalue weighted by Gasteiger charge is -2.11. The van der Waals surface area contributed by atoms with Crippen LogP contribution in [0.3, 0.4) is 0 Å². The van der Waals surface area contributed by atoms with E-state index in [-0.39, 0.29) is 5.56 Å². The number of rotatable bonds is 4. The maximum absolute atomic E-state index is 11.0. The van der Waals surface area contributed by atoms with Crippen LogP contribution >= 0.6 is 0 Å². The first kappa shape index (κ1) is 13.0. The van der Waals surface area contributed by atoms with Crippen LogP contribution in [0.25, 0.3) is 11.1 Å². The van der Waals surface area contributed by atoms with Gasteiger partial charge in [-0.3, -0.25) is 0 Å². The Labute approximate surface area is 111 Å². The van der Waals surface area contributed by atoms with Gasteiger partial charge in [0, 0.05) is 5.56 Å². The summed E-state index contributed by atoms with van der Waals surface area (Å²) in [6.07, 6.45) is 0. The molecule has 0 aliphatic carbocycles. The van der Waals surface area contributed by atoms with E-state index < -0.39 is 5.97 Å². The van der Waals surface area contributed by atoms with E-state index in [0.29, 0.717) is 5.75 Å². The van der Waals surface area contributed by atoms with Crippen molar-refractivity contribution >= 4 is 5.97 Å². The molecule has 2 rings (SSSR count). The van der Waals surface area contributed by atoms with Crippen molar-refractivity contribution in [2.24, 2.45) is 0 Å². The summed E-state index contributed by atoms with van der Waals surface area (Å²) in [4.78, 5) is 11.0. The van der Waals surface area contributed by atoms with Crippen molar-refractivity contribution in [3.05, 3.63) is 48.0 Å². The lowest BCUT2D eigenvalue weighted by atomic mass is 10.0. The maximum Gasteiger partial charge on any atom is 0.339 e. The second-order valence-corrected chi connectivity index (χ2v) is 3.92. The van der Waals surface area contributed by atoms with Crippen LogP contribution in [0.4, 0.5) is 0 Å². The minimum absolute atomic E-state index is 0.140. The number of ether oxygens (including phenoxy) is 2. The summed E-state index contributed by atoms with van der Waals surface area (Å²) in [7, 11) is 3.05. The molecule has 0 aromatic heterocycles. The van der Waals surface area contributed by atoms with Gasteiger partial charge in [0.05, 0.1) is 14.2 Å². The summed E-state index contributed by atoms with van der Waals surface area (Å²) < 4.78 is 10.4. The molecule has 1 N–H and O–H groups in total. The third kappa shape index (κ3) is 2.52. The van der Waals surface area contributed by atoms with Crippen LogP contribution in [0.2, 0.25) is 0 Å². The van der Waals surface area contributed by atoms with E-state index in [9.17, 15) is 4.79 Å². The predicted octanol–water partition coefficient (Wildman–Crippen LogP) is 3.07. The van der Waals surface area contributed by atoms with Gasteiger partial charge in [0.25, 0.3) is 0 Å². The molecule has 0 spiro atoms. The molecule has 98 valence electrons. The van der Waals surface area contributed by atoms with Gasteiger partial charge in [-0.15, -0.1) is 0 Å². The number of hydrogen-bond acceptors (Lipinski definition) is 3. The van der Waals surface area contributed by atoms with Gasteiger partial charge in [-0.1, -0.05) is 24.3 Å². The summed E-state index contributed by atoms with van der Waals surface area (Å²) in [6.45, 7) is 0. The number of hydrogen-bond donors (Lipinski definition) is 1. The fraction of sp³-hybridized carbons (Fsp3) is 0.133. The first-order valence-corrected chi connectivity index (χ1v) is 5.72. The van der Waals surface area contributed by atoms with Crippen molar-refractivity contribution in [2.75, 3.05) is 14.2 Å². The van der Waals surface area contributed by atoms with Gasteiger partial charge in [-0.25, -0.2) is 4.79 Å². The molecular weight excluding hydrogens is 244 g/mol. The third-order valence-corrected chi connectivity index (χ3v) is 2.85. The number of carboxylic acids is 1. The monoisotopic (exact) mass is 258 g/mol. The number of carboxylic acid groups (broad SMARTS) is 1. The van der Waals surface area contributed by atoms with E-state index in [1.165, 1.54) is 13.2 Å². The van der Waals surface area contributed by atoms with Crippen LogP contribution in [0.1, 0.15) is 10.4 Å². The second kappa shape index (κ2) is 5.44. The maximum atomic E-state index is 11.0. The standard InChI is InChI=1S/C15H14O4/c1-18-13-6-4-3-5-11(13)10-7-8-12(15(16)17)14(9-10)19-2/h3-9H,1-2H3,(H,16,17). The number of para-hydroxylation sites is 1. The Bertz CT molecular complexity index is 605. The van der Waals surface area contributed by atoms with Crippen LogP contribution in [0.15, 0.2) is 42.5 Å². The summed E-state index contributed by atoms with van der Waals surface area (Å²) in [6, 6.07) is 12.5. The van der Waals surface area contributed by atoms with Crippen molar-refractivity contribution < 1.29 is 19.4 Å². The zero-order valence-corrected chi connectivity index (χ0v) is 10.7. The van der Waals surface area contributed by atoms with Crippen LogP contribution in [0.5, 0.6) is 11.5 Å². The van der Waals surface area contributed by atoms with Gasteiger partial charge in [0.15, 0.2) is 0 Å². The Hall–Kier alpha value is -2.49. The molecule has 2 aromatic rings. The molecule has 0 saturated carbocycles. The van der Waals surface area contributed by atoms with Crippen molar-refractivity contribution in [3.63, 3.8) is 0 Å². The molecule has 0 aliphatic heterocycles. The van der Waals surface area contributed by atoms with Gasteiger partial charge in [-0.2, -0.15) is 0 Å². The first-order chi connectivity index (χ1) is 9.17. The molecule has 0 fully saturated rings. The molecular formula is C15H14O4. The Morgan fingerprint density at radius 2 is 1.68 bits per heavy atom. The molecule has 0 aliphatic rings. The highest BCUT2D eigenvalue weighted by molar-refractivity contribution is 5.92.